The molecule has 0 aliphatic heterocycles. The first-order chi connectivity index (χ1) is 8.93. The van der Waals surface area contributed by atoms with Crippen molar-refractivity contribution in [2.75, 3.05) is 13.1 Å². The molecule has 19 heavy (non-hydrogen) atoms. The van der Waals surface area contributed by atoms with E-state index in [2.05, 4.69) is 0 Å². The van der Waals surface area contributed by atoms with Crippen molar-refractivity contribution in [1.82, 2.24) is 4.90 Å². The van der Waals surface area contributed by atoms with E-state index in [1.54, 1.807) is 6.92 Å². The molecule has 1 rings (SSSR count). The van der Waals surface area contributed by atoms with Crippen molar-refractivity contribution >= 4 is 11.9 Å². The highest BCUT2D eigenvalue weighted by Crippen LogP contribution is 2.16. The fourth-order valence-corrected chi connectivity index (χ4v) is 1.81. The van der Waals surface area contributed by atoms with Crippen LogP contribution in [0.1, 0.15) is 30.9 Å². The van der Waals surface area contributed by atoms with Crippen molar-refractivity contribution < 1.29 is 14.7 Å². The van der Waals surface area contributed by atoms with Crippen LogP contribution in [0.5, 0.6) is 0 Å². The van der Waals surface area contributed by atoms with Gasteiger partial charge in [-0.1, -0.05) is 31.2 Å². The number of nitrogens with two attached hydrogens (primary N) is 1. The number of carboxylic acid groups (broad SMARTS) is 1. The summed E-state index contributed by atoms with van der Waals surface area (Å²) in [6, 6.07) is 7.40. The van der Waals surface area contributed by atoms with Crippen LogP contribution >= 0.6 is 0 Å². The number of hydrogen-bond acceptors (Lipinski definition) is 3. The lowest BCUT2D eigenvalue weighted by molar-refractivity contribution is -0.138. The number of carbonyl (C=O) groups excluding carboxylic acids is 1. The predicted molar refractivity (Wildman–Crippen MR) is 72.6 cm³/mol. The van der Waals surface area contributed by atoms with Gasteiger partial charge in [0, 0.05) is 6.54 Å². The molecule has 0 spiro atoms. The second-order valence-corrected chi connectivity index (χ2v) is 4.57. The lowest BCUT2D eigenvalue weighted by Crippen LogP contribution is -2.33. The Bertz CT molecular complexity index is 443. The molecule has 1 unspecified atom stereocenters. The zero-order valence-electron chi connectivity index (χ0n) is 11.3. The van der Waals surface area contributed by atoms with E-state index in [1.807, 2.05) is 36.1 Å². The maximum absolute atomic E-state index is 10.9. The van der Waals surface area contributed by atoms with Gasteiger partial charge in [0.15, 0.2) is 0 Å². The van der Waals surface area contributed by atoms with E-state index in [9.17, 15) is 9.59 Å². The van der Waals surface area contributed by atoms with Crippen LogP contribution in [0, 0.1) is 0 Å². The van der Waals surface area contributed by atoms with Crippen LogP contribution in [0.4, 0.5) is 0 Å². The highest BCUT2D eigenvalue weighted by molar-refractivity contribution is 5.76. The van der Waals surface area contributed by atoms with Gasteiger partial charge in [-0.3, -0.25) is 14.5 Å². The molecule has 5 heteroatoms. The Balaban J connectivity index is 2.70. The Hall–Kier alpha value is -1.88. The normalized spacial score (nSPS) is 12.4. The number of carboxylic acids is 1. The van der Waals surface area contributed by atoms with Crippen LogP contribution in [0.25, 0.3) is 0 Å². The number of carbonyl (C=O) groups is 2. The minimum atomic E-state index is -0.836. The van der Waals surface area contributed by atoms with Crippen molar-refractivity contribution in [3.63, 3.8) is 0 Å². The molecule has 3 N–H and O–H groups in total. The Morgan fingerprint density at radius 2 is 1.89 bits per heavy atom. The predicted octanol–water partition coefficient (Wildman–Crippen LogP) is 1.18. The molecule has 1 amide bonds. The Morgan fingerprint density at radius 3 is 2.32 bits per heavy atom. The summed E-state index contributed by atoms with van der Waals surface area (Å²) in [5.74, 6) is -1.70. The average molecular weight is 264 g/mol. The summed E-state index contributed by atoms with van der Waals surface area (Å²) >= 11 is 0. The summed E-state index contributed by atoms with van der Waals surface area (Å²) in [4.78, 5) is 23.7. The number of rotatable bonds is 7. The molecular formula is C14H20N2O3. The van der Waals surface area contributed by atoms with Crippen molar-refractivity contribution in [3.8, 4) is 0 Å². The number of likely N-dealkylation sites (N-methyl/N-ethyl adjacent to an activating group) is 1. The summed E-state index contributed by atoms with van der Waals surface area (Å²) < 4.78 is 0. The largest absolute Gasteiger partial charge is 0.481 e. The highest BCUT2D eigenvalue weighted by Gasteiger charge is 2.13. The van der Waals surface area contributed by atoms with E-state index >= 15 is 0 Å². The molecule has 0 saturated heterocycles. The molecule has 0 radical (unpaired) electrons. The van der Waals surface area contributed by atoms with Crippen LogP contribution in [0.15, 0.2) is 24.3 Å². The van der Waals surface area contributed by atoms with E-state index in [1.165, 1.54) is 0 Å². The van der Waals surface area contributed by atoms with E-state index in [0.717, 1.165) is 17.7 Å². The number of benzene rings is 1. The lowest BCUT2D eigenvalue weighted by atomic mass is 10.00. The molecule has 5 nitrogen and oxygen atoms in total. The van der Waals surface area contributed by atoms with Gasteiger partial charge in [-0.05, 0) is 24.6 Å². The molecule has 0 fully saturated rings. The van der Waals surface area contributed by atoms with Crippen LogP contribution in [0.3, 0.4) is 0 Å². The third-order valence-corrected chi connectivity index (χ3v) is 3.08. The molecule has 104 valence electrons. The fraction of sp³-hybridized carbons (Fsp3) is 0.429. The Morgan fingerprint density at radius 1 is 1.32 bits per heavy atom. The maximum Gasteiger partial charge on any atom is 0.310 e. The second-order valence-electron chi connectivity index (χ2n) is 4.57. The number of primary amides is 1. The standard InChI is InChI=1S/C14H20N2O3/c1-3-16(9-13(15)17)8-11-4-6-12(7-5-11)10(2)14(18)19/h4-7,10H,3,8-9H2,1-2H3,(H2,15,17)(H,18,19). The molecule has 0 heterocycles. The summed E-state index contributed by atoms with van der Waals surface area (Å²) in [6.45, 7) is 5.20. The van der Waals surface area contributed by atoms with Crippen molar-refractivity contribution in [2.24, 2.45) is 5.73 Å². The first-order valence-electron chi connectivity index (χ1n) is 6.26. The maximum atomic E-state index is 10.9. The van der Waals surface area contributed by atoms with Gasteiger partial charge >= 0.3 is 5.97 Å². The molecule has 0 aliphatic carbocycles. The highest BCUT2D eigenvalue weighted by atomic mass is 16.4. The summed E-state index contributed by atoms with van der Waals surface area (Å²) in [5, 5.41) is 8.93. The molecule has 1 atom stereocenters. The summed E-state index contributed by atoms with van der Waals surface area (Å²) in [5.41, 5.74) is 6.98. The van der Waals surface area contributed by atoms with Gasteiger partial charge < -0.3 is 10.8 Å². The Labute approximate surface area is 113 Å². The topological polar surface area (TPSA) is 83.6 Å². The van der Waals surface area contributed by atoms with Gasteiger partial charge in [-0.15, -0.1) is 0 Å². The minimum absolute atomic E-state index is 0.226. The second kappa shape index (κ2) is 6.89. The number of amides is 1. The third-order valence-electron chi connectivity index (χ3n) is 3.08. The molecule has 0 bridgehead atoms. The van der Waals surface area contributed by atoms with Crippen LogP contribution in [-0.4, -0.2) is 35.0 Å². The number of nitrogens with zero attached hydrogens (tertiary/aromatic N) is 1. The van der Waals surface area contributed by atoms with Crippen molar-refractivity contribution in [2.45, 2.75) is 26.3 Å². The Kier molecular flexibility index (Phi) is 5.51. The van der Waals surface area contributed by atoms with Gasteiger partial charge in [0.1, 0.15) is 0 Å². The van der Waals surface area contributed by atoms with Crippen LogP contribution in [0.2, 0.25) is 0 Å². The van der Waals surface area contributed by atoms with Gasteiger partial charge in [-0.2, -0.15) is 0 Å². The first kappa shape index (κ1) is 15.2. The zero-order chi connectivity index (χ0) is 14.4. The number of aliphatic carboxylic acids is 1. The molecule has 0 aliphatic rings. The first-order valence-corrected chi connectivity index (χ1v) is 6.26. The number of hydrogen-bond donors (Lipinski definition) is 2. The van der Waals surface area contributed by atoms with Gasteiger partial charge in [0.05, 0.1) is 12.5 Å². The molecule has 0 saturated carbocycles. The molecule has 1 aromatic rings. The molecular weight excluding hydrogens is 244 g/mol. The molecule has 0 aromatic heterocycles. The lowest BCUT2D eigenvalue weighted by Gasteiger charge is -2.18. The summed E-state index contributed by atoms with van der Waals surface area (Å²) in [7, 11) is 0. The van der Waals surface area contributed by atoms with Crippen molar-refractivity contribution in [1.29, 1.82) is 0 Å². The summed E-state index contributed by atoms with van der Waals surface area (Å²) in [6.07, 6.45) is 0. The van der Waals surface area contributed by atoms with Crippen LogP contribution in [-0.2, 0) is 16.1 Å². The van der Waals surface area contributed by atoms with E-state index in [0.29, 0.717) is 6.54 Å². The average Bonchev–Trinajstić information content (AvgIpc) is 2.37. The SMILES string of the molecule is CCN(CC(N)=O)Cc1ccc(C(C)C(=O)O)cc1. The quantitative estimate of drug-likeness (QED) is 0.774. The monoisotopic (exact) mass is 264 g/mol. The van der Waals surface area contributed by atoms with Gasteiger partial charge in [0.25, 0.3) is 0 Å². The zero-order valence-corrected chi connectivity index (χ0v) is 11.3. The van der Waals surface area contributed by atoms with E-state index < -0.39 is 11.9 Å². The van der Waals surface area contributed by atoms with Gasteiger partial charge in [0.2, 0.25) is 5.91 Å². The van der Waals surface area contributed by atoms with Crippen molar-refractivity contribution in [3.05, 3.63) is 35.4 Å². The van der Waals surface area contributed by atoms with Crippen LogP contribution < -0.4 is 5.73 Å². The smallest absolute Gasteiger partial charge is 0.310 e. The minimum Gasteiger partial charge on any atom is -0.481 e. The van der Waals surface area contributed by atoms with Gasteiger partial charge in [-0.25, -0.2) is 0 Å². The van der Waals surface area contributed by atoms with E-state index in [-0.39, 0.29) is 12.5 Å². The third kappa shape index (κ3) is 4.71. The molecule has 1 aromatic carbocycles. The van der Waals surface area contributed by atoms with E-state index in [4.69, 9.17) is 10.8 Å². The fourth-order valence-electron chi connectivity index (χ4n) is 1.81.